The molecule has 0 aliphatic carbocycles. The number of rotatable bonds is 4. The topological polar surface area (TPSA) is 68.5 Å². The predicted molar refractivity (Wildman–Crippen MR) is 109 cm³/mol. The van der Waals surface area contributed by atoms with Gasteiger partial charge in [-0.2, -0.15) is 4.99 Å². The molecule has 142 valence electrons. The lowest BCUT2D eigenvalue weighted by Crippen LogP contribution is -2.16. The lowest BCUT2D eigenvalue weighted by molar-refractivity contribution is -0.117. The Labute approximate surface area is 166 Å². The van der Waals surface area contributed by atoms with Gasteiger partial charge in [-0.25, -0.2) is 8.42 Å². The Bertz CT molecular complexity index is 1190. The van der Waals surface area contributed by atoms with Crippen LogP contribution in [0.25, 0.3) is 10.2 Å². The number of carbonyl (C=O) groups is 1. The van der Waals surface area contributed by atoms with Gasteiger partial charge in [0.25, 0.3) is 0 Å². The highest BCUT2D eigenvalue weighted by atomic mass is 35.5. The molecule has 3 rings (SSSR count). The van der Waals surface area contributed by atoms with Crippen LogP contribution in [0.3, 0.4) is 0 Å². The van der Waals surface area contributed by atoms with Crippen LogP contribution in [-0.2, 0) is 21.7 Å². The van der Waals surface area contributed by atoms with Crippen molar-refractivity contribution in [2.24, 2.45) is 12.0 Å². The van der Waals surface area contributed by atoms with E-state index in [4.69, 9.17) is 11.6 Å². The second-order valence-corrected chi connectivity index (χ2v) is 9.88. The fourth-order valence-corrected chi connectivity index (χ4v) is 5.24. The lowest BCUT2D eigenvalue weighted by Gasteiger charge is -2.03. The van der Waals surface area contributed by atoms with Crippen molar-refractivity contribution in [2.75, 3.05) is 5.75 Å². The minimum absolute atomic E-state index is 0.163. The van der Waals surface area contributed by atoms with Crippen molar-refractivity contribution in [3.8, 4) is 0 Å². The maximum Gasteiger partial charge on any atom is 0.249 e. The van der Waals surface area contributed by atoms with Crippen LogP contribution in [0, 0.1) is 13.8 Å². The minimum Gasteiger partial charge on any atom is -0.319 e. The number of carbonyl (C=O) groups excluding carboxylic acids is 1. The molecule has 0 spiro atoms. The Morgan fingerprint density at radius 2 is 1.81 bits per heavy atom. The number of amides is 1. The van der Waals surface area contributed by atoms with Crippen LogP contribution < -0.4 is 4.80 Å². The molecule has 0 aliphatic heterocycles. The molecule has 2 aromatic carbocycles. The largest absolute Gasteiger partial charge is 0.319 e. The Kier molecular flexibility index (Phi) is 5.55. The van der Waals surface area contributed by atoms with E-state index in [1.807, 2.05) is 37.6 Å². The third kappa shape index (κ3) is 4.15. The summed E-state index contributed by atoms with van der Waals surface area (Å²) in [6.07, 6.45) is -0.163. The first kappa shape index (κ1) is 19.8. The number of fused-ring (bicyclic) bond motifs is 1. The summed E-state index contributed by atoms with van der Waals surface area (Å²) in [5.41, 5.74) is 2.82. The van der Waals surface area contributed by atoms with Crippen molar-refractivity contribution in [2.45, 2.75) is 25.2 Å². The molecule has 0 atom stereocenters. The van der Waals surface area contributed by atoms with E-state index in [1.165, 1.54) is 11.3 Å². The number of hydrogen-bond donors (Lipinski definition) is 0. The van der Waals surface area contributed by atoms with E-state index in [0.29, 0.717) is 9.82 Å². The zero-order chi connectivity index (χ0) is 19.8. The Hall–Kier alpha value is -1.96. The van der Waals surface area contributed by atoms with Gasteiger partial charge < -0.3 is 4.57 Å². The number of benzene rings is 2. The monoisotopic (exact) mass is 422 g/mol. The van der Waals surface area contributed by atoms with E-state index in [-0.39, 0.29) is 17.1 Å². The van der Waals surface area contributed by atoms with Crippen LogP contribution in [0.4, 0.5) is 0 Å². The summed E-state index contributed by atoms with van der Waals surface area (Å²) in [6, 6.07) is 10.3. The number of sulfone groups is 1. The SMILES string of the molecule is Cc1ccc(S(=O)(=O)CCC(=O)N=c2sc3ccc(Cl)c(C)c3n2C)cc1. The van der Waals surface area contributed by atoms with Crippen LogP contribution in [0.5, 0.6) is 0 Å². The van der Waals surface area contributed by atoms with Crippen LogP contribution in [0.1, 0.15) is 17.5 Å². The van der Waals surface area contributed by atoms with E-state index in [9.17, 15) is 13.2 Å². The normalized spacial score (nSPS) is 12.7. The Morgan fingerprint density at radius 3 is 2.48 bits per heavy atom. The van der Waals surface area contributed by atoms with Crippen molar-refractivity contribution in [1.29, 1.82) is 0 Å². The van der Waals surface area contributed by atoms with Crippen LogP contribution in [0.15, 0.2) is 46.3 Å². The first-order chi connectivity index (χ1) is 12.7. The Morgan fingerprint density at radius 1 is 1.15 bits per heavy atom. The highest BCUT2D eigenvalue weighted by Crippen LogP contribution is 2.26. The number of nitrogens with zero attached hydrogens (tertiary/aromatic N) is 2. The standard InChI is InChI=1S/C19H19ClN2O3S2/c1-12-4-6-14(7-5-12)27(24,25)11-10-17(23)21-19-22(3)18-13(2)15(20)8-9-16(18)26-19/h4-9H,10-11H2,1-3H3. The zero-order valence-electron chi connectivity index (χ0n) is 15.2. The molecule has 1 amide bonds. The van der Waals surface area contributed by atoms with E-state index in [0.717, 1.165) is 21.3 Å². The second kappa shape index (κ2) is 7.58. The lowest BCUT2D eigenvalue weighted by atomic mass is 10.2. The number of aromatic nitrogens is 1. The highest BCUT2D eigenvalue weighted by Gasteiger charge is 2.16. The molecule has 8 heteroatoms. The molecule has 0 bridgehead atoms. The summed E-state index contributed by atoms with van der Waals surface area (Å²) in [4.78, 5) is 17.1. The minimum atomic E-state index is -3.51. The van der Waals surface area contributed by atoms with E-state index < -0.39 is 15.7 Å². The molecule has 0 aliphatic rings. The van der Waals surface area contributed by atoms with Crippen molar-refractivity contribution >= 4 is 48.9 Å². The van der Waals surface area contributed by atoms with Crippen molar-refractivity contribution in [1.82, 2.24) is 4.57 Å². The average Bonchev–Trinajstić information content (AvgIpc) is 2.93. The predicted octanol–water partition coefficient (Wildman–Crippen LogP) is 3.80. The van der Waals surface area contributed by atoms with Crippen LogP contribution in [-0.4, -0.2) is 24.6 Å². The molecule has 0 saturated heterocycles. The number of thiazole rings is 1. The molecular weight excluding hydrogens is 404 g/mol. The molecule has 0 fully saturated rings. The fourth-order valence-electron chi connectivity index (χ4n) is 2.76. The quantitative estimate of drug-likeness (QED) is 0.642. The van der Waals surface area contributed by atoms with Gasteiger partial charge in [-0.15, -0.1) is 0 Å². The molecule has 3 aromatic rings. The summed E-state index contributed by atoms with van der Waals surface area (Å²) < 4.78 is 27.5. The van der Waals surface area contributed by atoms with Gasteiger partial charge in [0.15, 0.2) is 14.6 Å². The molecule has 0 saturated carbocycles. The van der Waals surface area contributed by atoms with Crippen LogP contribution in [0.2, 0.25) is 5.02 Å². The van der Waals surface area contributed by atoms with Gasteiger partial charge in [0.05, 0.1) is 20.9 Å². The van der Waals surface area contributed by atoms with Gasteiger partial charge in [0.2, 0.25) is 5.91 Å². The first-order valence-electron chi connectivity index (χ1n) is 8.30. The van der Waals surface area contributed by atoms with Gasteiger partial charge >= 0.3 is 0 Å². The maximum atomic E-state index is 12.4. The summed E-state index contributed by atoms with van der Waals surface area (Å²) >= 11 is 7.54. The van der Waals surface area contributed by atoms with Crippen LogP contribution >= 0.6 is 22.9 Å². The molecule has 5 nitrogen and oxygen atoms in total. The molecular formula is C19H19ClN2O3S2. The van der Waals surface area contributed by atoms with Gasteiger partial charge in [0.1, 0.15) is 0 Å². The number of hydrogen-bond acceptors (Lipinski definition) is 4. The summed E-state index contributed by atoms with van der Waals surface area (Å²) in [5.74, 6) is -0.728. The summed E-state index contributed by atoms with van der Waals surface area (Å²) in [7, 11) is -1.70. The third-order valence-corrected chi connectivity index (χ3v) is 7.58. The molecule has 27 heavy (non-hydrogen) atoms. The van der Waals surface area contributed by atoms with Gasteiger partial charge in [-0.1, -0.05) is 40.6 Å². The smallest absolute Gasteiger partial charge is 0.249 e. The highest BCUT2D eigenvalue weighted by molar-refractivity contribution is 7.91. The fraction of sp³-hybridized carbons (Fsp3) is 0.263. The average molecular weight is 423 g/mol. The zero-order valence-corrected chi connectivity index (χ0v) is 17.6. The number of aryl methyl sites for hydroxylation is 3. The molecule has 1 aromatic heterocycles. The van der Waals surface area contributed by atoms with Gasteiger partial charge in [0, 0.05) is 18.5 Å². The second-order valence-electron chi connectivity index (χ2n) is 6.35. The molecule has 0 unspecified atom stereocenters. The molecule has 0 radical (unpaired) electrons. The molecule has 1 heterocycles. The first-order valence-corrected chi connectivity index (χ1v) is 11.2. The maximum absolute atomic E-state index is 12.4. The van der Waals surface area contributed by atoms with Gasteiger partial charge in [-0.3, -0.25) is 4.79 Å². The molecule has 0 N–H and O–H groups in total. The van der Waals surface area contributed by atoms with E-state index in [2.05, 4.69) is 4.99 Å². The van der Waals surface area contributed by atoms with Crippen molar-refractivity contribution in [3.05, 3.63) is 57.3 Å². The van der Waals surface area contributed by atoms with Gasteiger partial charge in [-0.05, 0) is 43.7 Å². The third-order valence-electron chi connectivity index (χ3n) is 4.34. The summed E-state index contributed by atoms with van der Waals surface area (Å²) in [5, 5.41) is 0.651. The summed E-state index contributed by atoms with van der Waals surface area (Å²) in [6.45, 7) is 3.80. The van der Waals surface area contributed by atoms with Crippen molar-refractivity contribution < 1.29 is 13.2 Å². The van der Waals surface area contributed by atoms with E-state index in [1.54, 1.807) is 24.3 Å². The van der Waals surface area contributed by atoms with E-state index >= 15 is 0 Å². The Balaban J connectivity index is 1.83. The number of halogens is 1. The van der Waals surface area contributed by atoms with Crippen molar-refractivity contribution in [3.63, 3.8) is 0 Å².